The van der Waals surface area contributed by atoms with Crippen molar-refractivity contribution in [2.24, 2.45) is 5.92 Å². The Labute approximate surface area is 128 Å². The van der Waals surface area contributed by atoms with Crippen LogP contribution in [0.1, 0.15) is 24.5 Å². The van der Waals surface area contributed by atoms with Gasteiger partial charge in [0, 0.05) is 20.2 Å². The van der Waals surface area contributed by atoms with Gasteiger partial charge in [-0.2, -0.15) is 0 Å². The number of likely N-dealkylation sites (tertiary alicyclic amines) is 1. The maximum absolute atomic E-state index is 10.3. The molecule has 118 valence electrons. The number of piperidine rings is 1. The minimum atomic E-state index is -0.373. The van der Waals surface area contributed by atoms with Crippen molar-refractivity contribution in [2.75, 3.05) is 46.4 Å². The third-order valence-corrected chi connectivity index (χ3v) is 4.24. The Morgan fingerprint density at radius 3 is 2.67 bits per heavy atom. The molecular weight excluding hydrogens is 264 g/mol. The van der Waals surface area contributed by atoms with Crippen LogP contribution in [0.15, 0.2) is 30.3 Å². The fourth-order valence-corrected chi connectivity index (χ4v) is 2.88. The molecule has 2 N–H and O–H groups in total. The lowest BCUT2D eigenvalue weighted by molar-refractivity contribution is 0.0887. The predicted molar refractivity (Wildman–Crippen MR) is 85.3 cm³/mol. The van der Waals surface area contributed by atoms with Crippen LogP contribution in [0, 0.1) is 5.92 Å². The SMILES string of the molecule is COCCNCC1CCN(CC(O)c2ccccc2)CC1. The van der Waals surface area contributed by atoms with E-state index in [4.69, 9.17) is 4.74 Å². The summed E-state index contributed by atoms with van der Waals surface area (Å²) < 4.78 is 5.04. The molecule has 0 saturated carbocycles. The molecule has 1 unspecified atom stereocenters. The number of ether oxygens (including phenoxy) is 1. The highest BCUT2D eigenvalue weighted by Gasteiger charge is 2.21. The Balaban J connectivity index is 1.65. The highest BCUT2D eigenvalue weighted by Crippen LogP contribution is 2.20. The van der Waals surface area contributed by atoms with Crippen LogP contribution >= 0.6 is 0 Å². The van der Waals surface area contributed by atoms with Crippen molar-refractivity contribution in [1.82, 2.24) is 10.2 Å². The molecule has 0 radical (unpaired) electrons. The molecule has 1 aliphatic heterocycles. The Morgan fingerprint density at radius 1 is 1.29 bits per heavy atom. The summed E-state index contributed by atoms with van der Waals surface area (Å²) in [4.78, 5) is 2.38. The van der Waals surface area contributed by atoms with Gasteiger partial charge in [0.05, 0.1) is 12.7 Å². The highest BCUT2D eigenvalue weighted by atomic mass is 16.5. The van der Waals surface area contributed by atoms with Gasteiger partial charge in [0.2, 0.25) is 0 Å². The first-order valence-corrected chi connectivity index (χ1v) is 7.94. The number of β-amino-alcohol motifs (C(OH)–C–C–N with tert-alkyl or cyclic N) is 1. The van der Waals surface area contributed by atoms with Crippen LogP contribution in [-0.2, 0) is 4.74 Å². The number of nitrogens with zero attached hydrogens (tertiary/aromatic N) is 1. The van der Waals surface area contributed by atoms with Crippen LogP contribution in [-0.4, -0.2) is 56.4 Å². The number of nitrogens with one attached hydrogen (secondary N) is 1. The fraction of sp³-hybridized carbons (Fsp3) is 0.647. The van der Waals surface area contributed by atoms with Gasteiger partial charge in [0.1, 0.15) is 0 Å². The lowest BCUT2D eigenvalue weighted by atomic mass is 9.96. The van der Waals surface area contributed by atoms with Crippen LogP contribution in [0.25, 0.3) is 0 Å². The number of hydrogen-bond donors (Lipinski definition) is 2. The lowest BCUT2D eigenvalue weighted by Gasteiger charge is -2.33. The molecule has 0 amide bonds. The van der Waals surface area contributed by atoms with E-state index in [9.17, 15) is 5.11 Å². The Morgan fingerprint density at radius 2 is 2.00 bits per heavy atom. The number of methoxy groups -OCH3 is 1. The van der Waals surface area contributed by atoms with Crippen molar-refractivity contribution >= 4 is 0 Å². The standard InChI is InChI=1S/C17H28N2O2/c1-21-12-9-18-13-15-7-10-19(11-8-15)14-17(20)16-5-3-2-4-6-16/h2-6,15,17-18,20H,7-14H2,1H3. The van der Waals surface area contributed by atoms with Gasteiger partial charge in [-0.15, -0.1) is 0 Å². The van der Waals surface area contributed by atoms with Crippen molar-refractivity contribution in [3.8, 4) is 0 Å². The van der Waals surface area contributed by atoms with Gasteiger partial charge in [-0.05, 0) is 44.0 Å². The average Bonchev–Trinajstić information content (AvgIpc) is 2.54. The van der Waals surface area contributed by atoms with Crippen molar-refractivity contribution in [2.45, 2.75) is 18.9 Å². The van der Waals surface area contributed by atoms with Crippen LogP contribution in [0.3, 0.4) is 0 Å². The second kappa shape index (κ2) is 9.15. The van der Waals surface area contributed by atoms with Crippen LogP contribution in [0.4, 0.5) is 0 Å². The summed E-state index contributed by atoms with van der Waals surface area (Å²) in [5.74, 6) is 0.756. The molecule has 1 saturated heterocycles. The van der Waals surface area contributed by atoms with E-state index >= 15 is 0 Å². The molecular formula is C17H28N2O2. The smallest absolute Gasteiger partial charge is 0.0916 e. The van der Waals surface area contributed by atoms with Crippen LogP contribution < -0.4 is 5.32 Å². The summed E-state index contributed by atoms with van der Waals surface area (Å²) in [5, 5.41) is 13.7. The summed E-state index contributed by atoms with van der Waals surface area (Å²) >= 11 is 0. The minimum Gasteiger partial charge on any atom is -0.387 e. The summed E-state index contributed by atoms with van der Waals surface area (Å²) in [6, 6.07) is 9.94. The van der Waals surface area contributed by atoms with Crippen LogP contribution in [0.5, 0.6) is 0 Å². The Bertz CT molecular complexity index is 378. The minimum absolute atomic E-state index is 0.373. The molecule has 1 heterocycles. The molecule has 0 aromatic heterocycles. The number of aliphatic hydroxyl groups is 1. The van der Waals surface area contributed by atoms with Gasteiger partial charge in [-0.3, -0.25) is 0 Å². The molecule has 1 aliphatic rings. The van der Waals surface area contributed by atoms with Gasteiger partial charge in [-0.1, -0.05) is 30.3 Å². The van der Waals surface area contributed by atoms with Gasteiger partial charge in [-0.25, -0.2) is 0 Å². The quantitative estimate of drug-likeness (QED) is 0.716. The molecule has 0 spiro atoms. The zero-order valence-corrected chi connectivity index (χ0v) is 13.0. The first-order valence-electron chi connectivity index (χ1n) is 7.94. The fourth-order valence-electron chi connectivity index (χ4n) is 2.88. The molecule has 4 heteroatoms. The average molecular weight is 292 g/mol. The molecule has 0 aliphatic carbocycles. The summed E-state index contributed by atoms with van der Waals surface area (Å²) in [5.41, 5.74) is 1.01. The summed E-state index contributed by atoms with van der Waals surface area (Å²) in [6.07, 6.45) is 2.05. The van der Waals surface area contributed by atoms with Gasteiger partial charge in [0.25, 0.3) is 0 Å². The summed E-state index contributed by atoms with van der Waals surface area (Å²) in [6.45, 7) is 5.71. The van der Waals surface area contributed by atoms with E-state index in [0.29, 0.717) is 0 Å². The van der Waals surface area contributed by atoms with E-state index in [1.165, 1.54) is 12.8 Å². The van der Waals surface area contributed by atoms with E-state index in [2.05, 4.69) is 10.2 Å². The van der Waals surface area contributed by atoms with Crippen molar-refractivity contribution < 1.29 is 9.84 Å². The van der Waals surface area contributed by atoms with E-state index < -0.39 is 0 Å². The first-order chi connectivity index (χ1) is 10.3. The molecule has 1 aromatic carbocycles. The second-order valence-electron chi connectivity index (χ2n) is 5.87. The van der Waals surface area contributed by atoms with Crippen LogP contribution in [0.2, 0.25) is 0 Å². The molecule has 2 rings (SSSR count). The maximum atomic E-state index is 10.3. The number of hydrogen-bond acceptors (Lipinski definition) is 4. The third-order valence-electron chi connectivity index (χ3n) is 4.24. The monoisotopic (exact) mass is 292 g/mol. The number of benzene rings is 1. The second-order valence-corrected chi connectivity index (χ2v) is 5.87. The van der Waals surface area contributed by atoms with Gasteiger partial charge < -0.3 is 20.1 Å². The molecule has 4 nitrogen and oxygen atoms in total. The Hall–Kier alpha value is -0.940. The van der Waals surface area contributed by atoms with Crippen molar-refractivity contribution in [1.29, 1.82) is 0 Å². The van der Waals surface area contributed by atoms with E-state index in [-0.39, 0.29) is 6.10 Å². The molecule has 1 fully saturated rings. The van der Waals surface area contributed by atoms with Crippen molar-refractivity contribution in [3.63, 3.8) is 0 Å². The van der Waals surface area contributed by atoms with E-state index in [1.54, 1.807) is 7.11 Å². The topological polar surface area (TPSA) is 44.7 Å². The summed E-state index contributed by atoms with van der Waals surface area (Å²) in [7, 11) is 1.73. The number of rotatable bonds is 8. The normalized spacial score (nSPS) is 18.8. The van der Waals surface area contributed by atoms with Gasteiger partial charge >= 0.3 is 0 Å². The van der Waals surface area contributed by atoms with Gasteiger partial charge in [0.15, 0.2) is 0 Å². The maximum Gasteiger partial charge on any atom is 0.0916 e. The number of aliphatic hydroxyl groups excluding tert-OH is 1. The third kappa shape index (κ3) is 5.75. The molecule has 0 bridgehead atoms. The van der Waals surface area contributed by atoms with Crippen molar-refractivity contribution in [3.05, 3.63) is 35.9 Å². The lowest BCUT2D eigenvalue weighted by Crippen LogP contribution is -2.39. The largest absolute Gasteiger partial charge is 0.387 e. The highest BCUT2D eigenvalue weighted by molar-refractivity contribution is 5.17. The molecule has 1 aromatic rings. The molecule has 21 heavy (non-hydrogen) atoms. The Kier molecular flexibility index (Phi) is 7.16. The van der Waals surface area contributed by atoms with E-state index in [0.717, 1.165) is 50.8 Å². The van der Waals surface area contributed by atoms with E-state index in [1.807, 2.05) is 30.3 Å². The zero-order chi connectivity index (χ0) is 14.9. The molecule has 1 atom stereocenters. The zero-order valence-electron chi connectivity index (χ0n) is 13.0. The predicted octanol–water partition coefficient (Wildman–Crippen LogP) is 1.67. The first kappa shape index (κ1) is 16.4.